The van der Waals surface area contributed by atoms with Crippen LogP contribution < -0.4 is 15.6 Å². The summed E-state index contributed by atoms with van der Waals surface area (Å²) in [6.07, 6.45) is 0.0959. The number of carbonyl (C=O) groups is 1. The average molecular weight is 484 g/mol. The number of halogens is 1. The molecular weight excluding hydrogens is 458 g/mol. The van der Waals surface area contributed by atoms with Gasteiger partial charge in [0.15, 0.2) is 5.60 Å². The summed E-state index contributed by atoms with van der Waals surface area (Å²) >= 11 is 6.41. The molecule has 0 saturated heterocycles. The Balaban J connectivity index is 1.80. The van der Waals surface area contributed by atoms with Gasteiger partial charge in [0.1, 0.15) is 12.4 Å². The minimum atomic E-state index is -1.86. The van der Waals surface area contributed by atoms with Crippen molar-refractivity contribution in [3.05, 3.63) is 55.8 Å². The van der Waals surface area contributed by atoms with Gasteiger partial charge in [-0.15, -0.1) is 0 Å². The molecule has 0 radical (unpaired) electrons. The number of nitrogens with one attached hydrogen (secondary N) is 1. The van der Waals surface area contributed by atoms with Crippen LogP contribution in [-0.4, -0.2) is 33.8 Å². The molecule has 0 aliphatic carbocycles. The number of esters is 1. The van der Waals surface area contributed by atoms with Gasteiger partial charge in [-0.25, -0.2) is 9.78 Å². The Bertz CT molecular complexity index is 1410. The predicted octanol–water partition coefficient (Wildman–Crippen LogP) is 3.24. The molecule has 5 rings (SSSR count). The zero-order chi connectivity index (χ0) is 24.4. The number of pyridine rings is 2. The molecule has 0 fully saturated rings. The molecule has 2 aromatic heterocycles. The van der Waals surface area contributed by atoms with Crippen molar-refractivity contribution in [1.82, 2.24) is 14.9 Å². The Morgan fingerprint density at radius 1 is 1.29 bits per heavy atom. The van der Waals surface area contributed by atoms with E-state index in [1.807, 2.05) is 6.07 Å². The van der Waals surface area contributed by atoms with Crippen molar-refractivity contribution < 1.29 is 19.4 Å². The van der Waals surface area contributed by atoms with Gasteiger partial charge in [0.2, 0.25) is 0 Å². The third-order valence-electron chi connectivity index (χ3n) is 6.77. The number of benzene rings is 1. The Labute approximate surface area is 201 Å². The standard InChI is InChI=1S/C25H26ClN3O5/c1-5-25(32)17-7-20-22-15(10-29(20)23(30)16(17)11-34-24(25)31)14(9-27-12(2)3)13-6-21(33-4)18(26)8-19(13)28-22/h6-8,12,27,32H,5,9-11H2,1-4H3/t25-/m0/s1. The van der Waals surface area contributed by atoms with Gasteiger partial charge in [-0.05, 0) is 30.2 Å². The van der Waals surface area contributed by atoms with Gasteiger partial charge in [0, 0.05) is 29.1 Å². The average Bonchev–Trinajstić information content (AvgIpc) is 3.17. The topological polar surface area (TPSA) is 103 Å². The van der Waals surface area contributed by atoms with E-state index < -0.39 is 11.6 Å². The Morgan fingerprint density at radius 3 is 2.74 bits per heavy atom. The SMILES string of the molecule is CC[C@@]1(O)C(=O)OCc2c1cc1n(c2=O)Cc2c-1nc1cc(Cl)c(OC)cc1c2CNC(C)C. The first kappa shape index (κ1) is 22.8. The fourth-order valence-corrected chi connectivity index (χ4v) is 5.06. The van der Waals surface area contributed by atoms with Gasteiger partial charge in [-0.1, -0.05) is 32.4 Å². The monoisotopic (exact) mass is 483 g/mol. The number of carbonyl (C=O) groups excluding carboxylic acids is 1. The van der Waals surface area contributed by atoms with Gasteiger partial charge in [-0.3, -0.25) is 4.79 Å². The lowest BCUT2D eigenvalue weighted by Crippen LogP contribution is -2.44. The lowest BCUT2D eigenvalue weighted by molar-refractivity contribution is -0.172. The van der Waals surface area contributed by atoms with E-state index in [1.54, 1.807) is 30.7 Å². The minimum absolute atomic E-state index is 0.0959. The largest absolute Gasteiger partial charge is 0.495 e. The first-order chi connectivity index (χ1) is 16.2. The number of rotatable bonds is 5. The number of hydrogen-bond donors (Lipinski definition) is 2. The van der Waals surface area contributed by atoms with Crippen molar-refractivity contribution in [2.24, 2.45) is 0 Å². The summed E-state index contributed by atoms with van der Waals surface area (Å²) in [5.41, 5.74) is 2.26. The number of aliphatic hydroxyl groups is 1. The maximum Gasteiger partial charge on any atom is 0.343 e. The normalized spacial score (nSPS) is 18.6. The van der Waals surface area contributed by atoms with Gasteiger partial charge in [0.05, 0.1) is 41.1 Å². The molecule has 9 heteroatoms. The number of fused-ring (bicyclic) bond motifs is 5. The van der Waals surface area contributed by atoms with Crippen LogP contribution in [0.25, 0.3) is 22.3 Å². The van der Waals surface area contributed by atoms with Gasteiger partial charge in [-0.2, -0.15) is 0 Å². The van der Waals surface area contributed by atoms with Crippen LogP contribution in [0, 0.1) is 0 Å². The number of aromatic nitrogens is 2. The molecule has 2 aliphatic rings. The van der Waals surface area contributed by atoms with Crippen molar-refractivity contribution in [2.45, 2.75) is 58.5 Å². The van der Waals surface area contributed by atoms with Crippen molar-refractivity contribution >= 4 is 28.5 Å². The summed E-state index contributed by atoms with van der Waals surface area (Å²) in [7, 11) is 1.57. The molecular formula is C25H26ClN3O5. The molecule has 34 heavy (non-hydrogen) atoms. The zero-order valence-electron chi connectivity index (χ0n) is 19.5. The first-order valence-electron chi connectivity index (χ1n) is 11.3. The Morgan fingerprint density at radius 2 is 2.06 bits per heavy atom. The van der Waals surface area contributed by atoms with Crippen LogP contribution in [0.5, 0.6) is 5.75 Å². The van der Waals surface area contributed by atoms with Gasteiger partial charge < -0.3 is 24.5 Å². The van der Waals surface area contributed by atoms with E-state index in [0.717, 1.165) is 16.5 Å². The number of ether oxygens (including phenoxy) is 2. The molecule has 178 valence electrons. The highest BCUT2D eigenvalue weighted by atomic mass is 35.5. The number of methoxy groups -OCH3 is 1. The quantitative estimate of drug-likeness (QED) is 0.420. The highest BCUT2D eigenvalue weighted by Crippen LogP contribution is 2.41. The van der Waals surface area contributed by atoms with E-state index in [9.17, 15) is 14.7 Å². The van der Waals surface area contributed by atoms with Crippen LogP contribution in [-0.2, 0) is 34.8 Å². The van der Waals surface area contributed by atoms with Crippen molar-refractivity contribution in [1.29, 1.82) is 0 Å². The highest BCUT2D eigenvalue weighted by Gasteiger charge is 2.45. The molecule has 0 bridgehead atoms. The molecule has 2 N–H and O–H groups in total. The van der Waals surface area contributed by atoms with Crippen LogP contribution in [0.4, 0.5) is 0 Å². The molecule has 2 aliphatic heterocycles. The molecule has 8 nitrogen and oxygen atoms in total. The molecule has 0 amide bonds. The van der Waals surface area contributed by atoms with Gasteiger partial charge >= 0.3 is 5.97 Å². The van der Waals surface area contributed by atoms with Gasteiger partial charge in [0.25, 0.3) is 5.56 Å². The number of nitrogens with zero attached hydrogens (tertiary/aromatic N) is 2. The van der Waals surface area contributed by atoms with Crippen LogP contribution >= 0.6 is 11.6 Å². The van der Waals surface area contributed by atoms with Crippen LogP contribution in [0.1, 0.15) is 49.4 Å². The summed E-state index contributed by atoms with van der Waals surface area (Å²) in [5, 5.41) is 15.9. The third-order valence-corrected chi connectivity index (χ3v) is 7.06. The smallest absolute Gasteiger partial charge is 0.343 e. The predicted molar refractivity (Wildman–Crippen MR) is 128 cm³/mol. The second-order valence-corrected chi connectivity index (χ2v) is 9.47. The zero-order valence-corrected chi connectivity index (χ0v) is 20.2. The van der Waals surface area contributed by atoms with E-state index in [2.05, 4.69) is 19.2 Å². The molecule has 1 atom stereocenters. The fraction of sp³-hybridized carbons (Fsp3) is 0.400. The fourth-order valence-electron chi connectivity index (χ4n) is 4.83. The second-order valence-electron chi connectivity index (χ2n) is 9.06. The molecule has 0 unspecified atom stereocenters. The second kappa shape index (κ2) is 8.08. The number of hydrogen-bond acceptors (Lipinski definition) is 7. The highest BCUT2D eigenvalue weighted by molar-refractivity contribution is 6.32. The minimum Gasteiger partial charge on any atom is -0.495 e. The maximum atomic E-state index is 13.5. The van der Waals surface area contributed by atoms with Crippen LogP contribution in [0.15, 0.2) is 23.0 Å². The summed E-state index contributed by atoms with van der Waals surface area (Å²) in [4.78, 5) is 30.8. The molecule has 0 spiro atoms. The summed E-state index contributed by atoms with van der Waals surface area (Å²) < 4.78 is 12.2. The van der Waals surface area contributed by atoms with E-state index >= 15 is 0 Å². The maximum absolute atomic E-state index is 13.5. The molecule has 1 aromatic carbocycles. The van der Waals surface area contributed by atoms with E-state index in [1.165, 1.54) is 0 Å². The Hall–Kier alpha value is -2.94. The van der Waals surface area contributed by atoms with E-state index in [0.29, 0.717) is 51.9 Å². The first-order valence-corrected chi connectivity index (χ1v) is 11.7. The lowest BCUT2D eigenvalue weighted by Gasteiger charge is -2.31. The molecule has 0 saturated carbocycles. The molecule has 4 heterocycles. The van der Waals surface area contributed by atoms with Crippen LogP contribution in [0.2, 0.25) is 5.02 Å². The van der Waals surface area contributed by atoms with Crippen molar-refractivity contribution in [2.75, 3.05) is 7.11 Å². The third kappa shape index (κ3) is 3.24. The van der Waals surface area contributed by atoms with Crippen molar-refractivity contribution in [3.8, 4) is 17.1 Å². The summed E-state index contributed by atoms with van der Waals surface area (Å²) in [5.74, 6) is -0.189. The van der Waals surface area contributed by atoms with E-state index in [4.69, 9.17) is 26.1 Å². The summed E-state index contributed by atoms with van der Waals surface area (Å²) in [6, 6.07) is 5.60. The Kier molecular flexibility index (Phi) is 5.42. The van der Waals surface area contributed by atoms with Crippen molar-refractivity contribution in [3.63, 3.8) is 0 Å². The van der Waals surface area contributed by atoms with E-state index in [-0.39, 0.29) is 24.6 Å². The summed E-state index contributed by atoms with van der Waals surface area (Å²) in [6.45, 7) is 6.56. The lowest BCUT2D eigenvalue weighted by atomic mass is 9.86. The molecule has 3 aromatic rings. The number of cyclic esters (lactones) is 1. The van der Waals surface area contributed by atoms with Crippen LogP contribution in [0.3, 0.4) is 0 Å².